The first-order valence-corrected chi connectivity index (χ1v) is 6.43. The first-order chi connectivity index (χ1) is 9.25. The van der Waals surface area contributed by atoms with Gasteiger partial charge in [0.2, 0.25) is 0 Å². The van der Waals surface area contributed by atoms with Gasteiger partial charge in [-0.2, -0.15) is 11.8 Å². The first kappa shape index (κ1) is 20.5. The predicted octanol–water partition coefficient (Wildman–Crippen LogP) is -0.159. The normalized spacial score (nSPS) is 9.20. The molecule has 0 spiro atoms. The Labute approximate surface area is 118 Å². The minimum absolute atomic E-state index is 0.101. The molecule has 0 aliphatic rings. The monoisotopic (exact) mass is 312 g/mol. The average Bonchev–Trinajstić information content (AvgIpc) is 2.27. The van der Waals surface area contributed by atoms with Gasteiger partial charge in [-0.25, -0.2) is 9.59 Å². The number of hydrogen-bond acceptors (Lipinski definition) is 6. The molecule has 0 bridgehead atoms. The summed E-state index contributed by atoms with van der Waals surface area (Å²) < 4.78 is 4.16. The van der Waals surface area contributed by atoms with Gasteiger partial charge in [0.05, 0.1) is 12.8 Å². The van der Waals surface area contributed by atoms with E-state index in [0.717, 1.165) is 0 Å². The number of aliphatic carboxylic acids is 4. The zero-order chi connectivity index (χ0) is 16.0. The third kappa shape index (κ3) is 25.1. The van der Waals surface area contributed by atoms with Crippen LogP contribution in [0.25, 0.3) is 0 Å². The van der Waals surface area contributed by atoms with Crippen LogP contribution in [-0.2, 0) is 23.9 Å². The quantitative estimate of drug-likeness (QED) is 0.399. The second kappa shape index (κ2) is 13.6. The molecule has 0 radical (unpaired) electrons. The van der Waals surface area contributed by atoms with Crippen molar-refractivity contribution in [1.82, 2.24) is 0 Å². The molecule has 0 fully saturated rings. The molecule has 10 heteroatoms. The summed E-state index contributed by atoms with van der Waals surface area (Å²) in [5, 5.41) is 32.2. The molecule has 116 valence electrons. The number of carbonyl (C=O) groups is 4. The van der Waals surface area contributed by atoms with Gasteiger partial charge in [-0.1, -0.05) is 0 Å². The second-order valence-electron chi connectivity index (χ2n) is 3.18. The Kier molecular flexibility index (Phi) is 14.0. The van der Waals surface area contributed by atoms with Gasteiger partial charge in [0, 0.05) is 11.5 Å². The van der Waals surface area contributed by atoms with Crippen molar-refractivity contribution in [2.45, 2.75) is 12.8 Å². The van der Waals surface area contributed by atoms with Gasteiger partial charge in [0.1, 0.15) is 13.2 Å². The Morgan fingerprint density at radius 1 is 0.700 bits per heavy atom. The molecule has 0 heterocycles. The lowest BCUT2D eigenvalue weighted by Crippen LogP contribution is -2.13. The van der Waals surface area contributed by atoms with Gasteiger partial charge in [-0.3, -0.25) is 9.59 Å². The van der Waals surface area contributed by atoms with Crippen LogP contribution in [0.1, 0.15) is 12.8 Å². The molecular weight excluding hydrogens is 296 g/mol. The average molecular weight is 312 g/mol. The summed E-state index contributed by atoms with van der Waals surface area (Å²) in [5.41, 5.74) is 0. The molecule has 0 amide bonds. The van der Waals surface area contributed by atoms with E-state index in [1.165, 1.54) is 11.8 Å². The van der Waals surface area contributed by atoms with Crippen molar-refractivity contribution >= 4 is 35.6 Å². The molecule has 0 aliphatic carbocycles. The lowest BCUT2D eigenvalue weighted by Gasteiger charge is -1.94. The van der Waals surface area contributed by atoms with E-state index < -0.39 is 37.1 Å². The minimum Gasteiger partial charge on any atom is -0.481 e. The van der Waals surface area contributed by atoms with Crippen LogP contribution in [0.3, 0.4) is 0 Å². The van der Waals surface area contributed by atoms with Crippen LogP contribution in [0.5, 0.6) is 0 Å². The molecule has 20 heavy (non-hydrogen) atoms. The molecule has 0 rings (SSSR count). The Hall–Kier alpha value is -1.81. The fourth-order valence-corrected chi connectivity index (χ4v) is 1.49. The molecule has 0 atom stereocenters. The number of ether oxygens (including phenoxy) is 1. The molecule has 9 nitrogen and oxygen atoms in total. The Morgan fingerprint density at radius 3 is 1.30 bits per heavy atom. The molecule has 0 aromatic carbocycles. The number of hydrogen-bond donors (Lipinski definition) is 4. The summed E-state index contributed by atoms with van der Waals surface area (Å²) in [6, 6.07) is 0. The van der Waals surface area contributed by atoms with Gasteiger partial charge >= 0.3 is 23.9 Å². The third-order valence-electron chi connectivity index (χ3n) is 1.37. The summed E-state index contributed by atoms with van der Waals surface area (Å²) in [6.45, 7) is -1.13. The van der Waals surface area contributed by atoms with Crippen LogP contribution >= 0.6 is 11.8 Å². The van der Waals surface area contributed by atoms with E-state index in [9.17, 15) is 19.2 Å². The highest BCUT2D eigenvalue weighted by molar-refractivity contribution is 7.99. The number of rotatable bonds is 10. The van der Waals surface area contributed by atoms with E-state index in [4.69, 9.17) is 20.4 Å². The lowest BCUT2D eigenvalue weighted by atomic mass is 10.5. The summed E-state index contributed by atoms with van der Waals surface area (Å²) in [7, 11) is 0. The van der Waals surface area contributed by atoms with E-state index in [1.807, 2.05) is 0 Å². The summed E-state index contributed by atoms with van der Waals surface area (Å²) >= 11 is 1.35. The fraction of sp³-hybridized carbons (Fsp3) is 0.600. The molecule has 4 N–H and O–H groups in total. The first-order valence-electron chi connectivity index (χ1n) is 5.28. The SMILES string of the molecule is O=C(O)CCSCCC(=O)O.O=C(O)COCC(=O)O. The highest BCUT2D eigenvalue weighted by atomic mass is 32.2. The van der Waals surface area contributed by atoms with Gasteiger partial charge in [0.15, 0.2) is 0 Å². The minimum atomic E-state index is -1.17. The fourth-order valence-electron chi connectivity index (χ4n) is 0.647. The van der Waals surface area contributed by atoms with Crippen molar-refractivity contribution in [2.24, 2.45) is 0 Å². The van der Waals surface area contributed by atoms with Crippen molar-refractivity contribution in [3.63, 3.8) is 0 Å². The zero-order valence-corrected chi connectivity index (χ0v) is 11.3. The maximum absolute atomic E-state index is 9.97. The highest BCUT2D eigenvalue weighted by Crippen LogP contribution is 2.03. The van der Waals surface area contributed by atoms with Crippen LogP contribution in [0.15, 0.2) is 0 Å². The largest absolute Gasteiger partial charge is 0.481 e. The van der Waals surface area contributed by atoms with E-state index in [1.54, 1.807) is 0 Å². The molecule has 0 aromatic heterocycles. The van der Waals surface area contributed by atoms with E-state index in [0.29, 0.717) is 11.5 Å². The number of carboxylic acid groups (broad SMARTS) is 4. The maximum Gasteiger partial charge on any atom is 0.329 e. The topological polar surface area (TPSA) is 158 Å². The van der Waals surface area contributed by atoms with Crippen LogP contribution in [0, 0.1) is 0 Å². The maximum atomic E-state index is 9.97. The van der Waals surface area contributed by atoms with Crippen molar-refractivity contribution < 1.29 is 44.3 Å². The Bertz CT molecular complexity index is 299. The van der Waals surface area contributed by atoms with Crippen molar-refractivity contribution in [2.75, 3.05) is 24.7 Å². The molecule has 0 unspecified atom stereocenters. The van der Waals surface area contributed by atoms with E-state index >= 15 is 0 Å². The second-order valence-corrected chi connectivity index (χ2v) is 4.40. The van der Waals surface area contributed by atoms with E-state index in [-0.39, 0.29) is 12.8 Å². The van der Waals surface area contributed by atoms with Gasteiger partial charge < -0.3 is 25.2 Å². The Balaban J connectivity index is 0. The Morgan fingerprint density at radius 2 is 1.05 bits per heavy atom. The summed E-state index contributed by atoms with van der Waals surface area (Å²) in [6.07, 6.45) is 0.203. The highest BCUT2D eigenvalue weighted by Gasteiger charge is 1.99. The predicted molar refractivity (Wildman–Crippen MR) is 67.9 cm³/mol. The van der Waals surface area contributed by atoms with Crippen LogP contribution in [0.4, 0.5) is 0 Å². The van der Waals surface area contributed by atoms with Gasteiger partial charge in [-0.05, 0) is 0 Å². The standard InChI is InChI=1S/C6H10O4S.C4H6O5/c7-5(8)1-3-11-4-2-6(9)10;5-3(6)1-9-2-4(7)8/h1-4H2,(H,7,8)(H,9,10);1-2H2,(H,5,6)(H,7,8). The molecule has 0 saturated heterocycles. The molecule has 0 saturated carbocycles. The van der Waals surface area contributed by atoms with E-state index in [2.05, 4.69) is 4.74 Å². The van der Waals surface area contributed by atoms with Gasteiger partial charge in [-0.15, -0.1) is 0 Å². The van der Waals surface area contributed by atoms with Crippen LogP contribution in [-0.4, -0.2) is 69.0 Å². The van der Waals surface area contributed by atoms with Crippen LogP contribution < -0.4 is 0 Å². The van der Waals surface area contributed by atoms with Crippen molar-refractivity contribution in [3.8, 4) is 0 Å². The lowest BCUT2D eigenvalue weighted by molar-refractivity contribution is -0.148. The summed E-state index contributed by atoms with van der Waals surface area (Å²) in [4.78, 5) is 39.3. The van der Waals surface area contributed by atoms with Crippen LogP contribution in [0.2, 0.25) is 0 Å². The third-order valence-corrected chi connectivity index (χ3v) is 2.36. The molecule has 0 aliphatic heterocycles. The van der Waals surface area contributed by atoms with Crippen molar-refractivity contribution in [3.05, 3.63) is 0 Å². The number of carboxylic acids is 4. The molecular formula is C10H16O9S. The molecule has 0 aromatic rings. The zero-order valence-electron chi connectivity index (χ0n) is 10.5. The smallest absolute Gasteiger partial charge is 0.329 e. The van der Waals surface area contributed by atoms with Gasteiger partial charge in [0.25, 0.3) is 0 Å². The van der Waals surface area contributed by atoms with Crippen molar-refractivity contribution in [1.29, 1.82) is 0 Å². The summed E-state index contributed by atoms with van der Waals surface area (Å²) in [5.74, 6) is -3.04. The number of thioether (sulfide) groups is 1.